The summed E-state index contributed by atoms with van der Waals surface area (Å²) in [5.41, 5.74) is 3.57. The lowest BCUT2D eigenvalue weighted by atomic mass is 10.0. The number of carbonyl (C=O) groups is 2. The molecule has 1 aromatic heterocycles. The molecule has 0 aliphatic rings. The largest absolute Gasteiger partial charge is 0.345 e. The number of hydrogen-bond acceptors (Lipinski definition) is 3. The minimum atomic E-state index is -0.0587. The van der Waals surface area contributed by atoms with Crippen molar-refractivity contribution in [2.45, 2.75) is 33.6 Å². The third-order valence-electron chi connectivity index (χ3n) is 3.53. The van der Waals surface area contributed by atoms with E-state index >= 15 is 0 Å². The van der Waals surface area contributed by atoms with Crippen LogP contribution in [0.1, 0.15) is 37.6 Å². The Morgan fingerprint density at radius 1 is 1.40 bits per heavy atom. The minimum absolute atomic E-state index is 0.0587. The van der Waals surface area contributed by atoms with Crippen molar-refractivity contribution in [3.05, 3.63) is 59.1 Å². The van der Waals surface area contributed by atoms with Crippen molar-refractivity contribution in [2.24, 2.45) is 0 Å². The smallest absolute Gasteiger partial charge is 0.228 e. The lowest BCUT2D eigenvalue weighted by Crippen LogP contribution is -2.23. The summed E-state index contributed by atoms with van der Waals surface area (Å²) < 4.78 is 0. The number of aryl methyl sites for hydroxylation is 1. The van der Waals surface area contributed by atoms with E-state index in [1.165, 1.54) is 0 Å². The molecular weight excluding hydrogens is 314 g/mol. The maximum Gasteiger partial charge on any atom is 0.228 e. The minimum Gasteiger partial charge on any atom is -0.345 e. The fraction of sp³-hybridized carbons (Fsp3) is 0.350. The van der Waals surface area contributed by atoms with E-state index in [9.17, 15) is 9.59 Å². The molecule has 1 heterocycles. The van der Waals surface area contributed by atoms with E-state index in [1.54, 1.807) is 18.1 Å². The molecule has 0 atom stereocenters. The van der Waals surface area contributed by atoms with Gasteiger partial charge in [0.05, 0.1) is 6.42 Å². The topological polar surface area (TPSA) is 62.3 Å². The molecular formula is C20H27N3O2. The van der Waals surface area contributed by atoms with E-state index in [4.69, 9.17) is 0 Å². The van der Waals surface area contributed by atoms with Gasteiger partial charge in [0.2, 0.25) is 12.3 Å². The van der Waals surface area contributed by atoms with E-state index in [0.29, 0.717) is 6.54 Å². The lowest BCUT2D eigenvalue weighted by Gasteiger charge is -2.10. The highest BCUT2D eigenvalue weighted by Gasteiger charge is 2.09. The molecule has 5 heteroatoms. The van der Waals surface area contributed by atoms with Crippen LogP contribution in [0, 0.1) is 0 Å². The maximum absolute atomic E-state index is 12.2. The number of nitrogens with zero attached hydrogens (tertiary/aromatic N) is 2. The monoisotopic (exact) mass is 341 g/mol. The molecule has 25 heavy (non-hydrogen) atoms. The summed E-state index contributed by atoms with van der Waals surface area (Å²) in [4.78, 5) is 28.8. The van der Waals surface area contributed by atoms with Gasteiger partial charge in [0.25, 0.3) is 0 Å². The van der Waals surface area contributed by atoms with Crippen LogP contribution in [0.15, 0.2) is 42.3 Å². The van der Waals surface area contributed by atoms with Gasteiger partial charge < -0.3 is 10.2 Å². The normalized spacial score (nSPS) is 11.9. The van der Waals surface area contributed by atoms with Crippen LogP contribution in [0.5, 0.6) is 0 Å². The molecule has 0 spiro atoms. The summed E-state index contributed by atoms with van der Waals surface area (Å²) in [7, 11) is 1.72. The average Bonchev–Trinajstić information content (AvgIpc) is 2.59. The summed E-state index contributed by atoms with van der Waals surface area (Å²) in [6, 6.07) is 1.98. The number of hydrogen-bond donors (Lipinski definition) is 1. The van der Waals surface area contributed by atoms with E-state index in [1.807, 2.05) is 57.2 Å². The van der Waals surface area contributed by atoms with Gasteiger partial charge in [-0.25, -0.2) is 0 Å². The molecule has 0 unspecified atom stereocenters. The molecule has 1 N–H and O–H groups in total. The molecule has 0 saturated heterocycles. The first-order valence-electron chi connectivity index (χ1n) is 8.39. The number of allylic oxidation sites excluding steroid dienone is 4. The molecule has 0 fully saturated rings. The Hall–Kier alpha value is -2.69. The molecule has 0 bridgehead atoms. The third-order valence-corrected chi connectivity index (χ3v) is 3.53. The quantitative estimate of drug-likeness (QED) is 0.555. The fourth-order valence-electron chi connectivity index (χ4n) is 2.24. The number of pyridine rings is 1. The van der Waals surface area contributed by atoms with Crippen LogP contribution >= 0.6 is 0 Å². The van der Waals surface area contributed by atoms with Crippen molar-refractivity contribution in [3.8, 4) is 0 Å². The van der Waals surface area contributed by atoms with Gasteiger partial charge >= 0.3 is 0 Å². The number of carbonyl (C=O) groups excluding carboxylic acids is 2. The third kappa shape index (κ3) is 7.61. The molecule has 1 aromatic rings. The summed E-state index contributed by atoms with van der Waals surface area (Å²) >= 11 is 0. The van der Waals surface area contributed by atoms with E-state index < -0.39 is 0 Å². The first-order chi connectivity index (χ1) is 12.0. The highest BCUT2D eigenvalue weighted by Crippen LogP contribution is 2.12. The van der Waals surface area contributed by atoms with Crippen molar-refractivity contribution < 1.29 is 9.59 Å². The summed E-state index contributed by atoms with van der Waals surface area (Å²) in [6.45, 7) is 6.34. The van der Waals surface area contributed by atoms with E-state index in [2.05, 4.69) is 10.3 Å². The van der Waals surface area contributed by atoms with Gasteiger partial charge in [0.15, 0.2) is 0 Å². The first-order valence-corrected chi connectivity index (χ1v) is 8.39. The number of nitrogens with one attached hydrogen (secondary N) is 1. The second-order valence-corrected chi connectivity index (χ2v) is 5.78. The predicted molar refractivity (Wildman–Crippen MR) is 102 cm³/mol. The zero-order chi connectivity index (χ0) is 18.7. The fourth-order valence-corrected chi connectivity index (χ4v) is 2.24. The number of amides is 2. The maximum atomic E-state index is 12.2. The van der Waals surface area contributed by atoms with Gasteiger partial charge in [-0.3, -0.25) is 14.6 Å². The Bertz CT molecular complexity index is 676. The Kier molecular flexibility index (Phi) is 8.93. The van der Waals surface area contributed by atoms with Gasteiger partial charge in [0.1, 0.15) is 0 Å². The molecule has 1 rings (SSSR count). The predicted octanol–water partition coefficient (Wildman–Crippen LogP) is 2.88. The molecule has 0 aliphatic heterocycles. The van der Waals surface area contributed by atoms with Crippen LogP contribution < -0.4 is 5.32 Å². The molecule has 0 radical (unpaired) electrons. The Morgan fingerprint density at radius 2 is 2.16 bits per heavy atom. The highest BCUT2D eigenvalue weighted by atomic mass is 16.1. The van der Waals surface area contributed by atoms with Crippen LogP contribution in [0.4, 0.5) is 0 Å². The Balaban J connectivity index is 2.84. The zero-order valence-electron chi connectivity index (χ0n) is 15.5. The lowest BCUT2D eigenvalue weighted by molar-refractivity contribution is -0.119. The molecule has 0 aromatic carbocycles. The van der Waals surface area contributed by atoms with E-state index in [-0.39, 0.29) is 12.3 Å². The van der Waals surface area contributed by atoms with Crippen molar-refractivity contribution in [1.82, 2.24) is 15.2 Å². The summed E-state index contributed by atoms with van der Waals surface area (Å²) in [5, 5.41) is 2.88. The van der Waals surface area contributed by atoms with Crippen molar-refractivity contribution in [2.75, 3.05) is 13.6 Å². The van der Waals surface area contributed by atoms with Gasteiger partial charge in [0, 0.05) is 31.2 Å². The molecule has 0 saturated carbocycles. The van der Waals surface area contributed by atoms with Crippen LogP contribution in [0.2, 0.25) is 0 Å². The zero-order valence-corrected chi connectivity index (χ0v) is 15.5. The van der Waals surface area contributed by atoms with Crippen LogP contribution in [0.25, 0.3) is 6.08 Å². The highest BCUT2D eigenvalue weighted by molar-refractivity contribution is 5.80. The van der Waals surface area contributed by atoms with Crippen LogP contribution in [-0.4, -0.2) is 35.8 Å². The van der Waals surface area contributed by atoms with Gasteiger partial charge in [-0.05, 0) is 43.5 Å². The van der Waals surface area contributed by atoms with Gasteiger partial charge in [-0.15, -0.1) is 0 Å². The van der Waals surface area contributed by atoms with E-state index in [0.717, 1.165) is 35.3 Å². The van der Waals surface area contributed by atoms with Gasteiger partial charge in [-0.2, -0.15) is 0 Å². The molecule has 5 nitrogen and oxygen atoms in total. The molecule has 134 valence electrons. The van der Waals surface area contributed by atoms with Crippen molar-refractivity contribution in [1.29, 1.82) is 0 Å². The Labute approximate surface area is 150 Å². The number of aromatic nitrogens is 1. The number of likely N-dealkylation sites (N-methyl/N-ethyl adjacent to an activating group) is 1. The SMILES string of the molecule is C/C=C\C=C(/C)NC(=O)Cc1cc(/C=C/CN(C)C=O)cnc1CC. The Morgan fingerprint density at radius 3 is 2.80 bits per heavy atom. The van der Waals surface area contributed by atoms with Crippen LogP contribution in [-0.2, 0) is 22.4 Å². The summed E-state index contributed by atoms with van der Waals surface area (Å²) in [6.07, 6.45) is 13.1. The number of rotatable bonds is 9. The van der Waals surface area contributed by atoms with Gasteiger partial charge in [-0.1, -0.05) is 31.2 Å². The second-order valence-electron chi connectivity index (χ2n) is 5.78. The average molecular weight is 341 g/mol. The molecule has 0 aliphatic carbocycles. The second kappa shape index (κ2) is 11.0. The molecule has 2 amide bonds. The standard InChI is InChI=1S/C20H27N3O2/c1-5-7-9-16(3)22-20(25)13-18-12-17(14-21-19(18)6-2)10-8-11-23(4)15-24/h5,7-10,12,14-15H,6,11,13H2,1-4H3,(H,22,25)/b7-5-,10-8+,16-9+. The summed E-state index contributed by atoms with van der Waals surface area (Å²) in [5.74, 6) is -0.0587. The van der Waals surface area contributed by atoms with Crippen molar-refractivity contribution in [3.63, 3.8) is 0 Å². The van der Waals surface area contributed by atoms with Crippen molar-refractivity contribution >= 4 is 18.4 Å². The first kappa shape index (κ1) is 20.4. The van der Waals surface area contributed by atoms with Crippen LogP contribution in [0.3, 0.4) is 0 Å².